The molecule has 4 N–H and O–H groups in total. The lowest BCUT2D eigenvalue weighted by molar-refractivity contribution is -0.133. The summed E-state index contributed by atoms with van der Waals surface area (Å²) in [6.45, 7) is 5.70. The number of hydrogen-bond acceptors (Lipinski definition) is 3. The first kappa shape index (κ1) is 15.7. The second-order valence-electron chi connectivity index (χ2n) is 5.74. The van der Waals surface area contributed by atoms with Gasteiger partial charge in [-0.15, -0.1) is 0 Å². The van der Waals surface area contributed by atoms with Gasteiger partial charge in [-0.2, -0.15) is 0 Å². The van der Waals surface area contributed by atoms with Gasteiger partial charge in [0, 0.05) is 24.6 Å². The van der Waals surface area contributed by atoms with Crippen LogP contribution in [0.4, 0.5) is 0 Å². The van der Waals surface area contributed by atoms with Gasteiger partial charge in [-0.3, -0.25) is 4.79 Å². The van der Waals surface area contributed by atoms with Crippen molar-refractivity contribution in [1.29, 1.82) is 0 Å². The fraction of sp³-hybridized carbons (Fsp3) is 0.714. The predicted octanol–water partition coefficient (Wildman–Crippen LogP) is 1.29. The Morgan fingerprint density at radius 1 is 1.53 bits per heavy atom. The molecular weight excluding hydrogens is 244 g/mol. The molecule has 5 heteroatoms. The number of nitrogens with two attached hydrogens (primary N) is 1. The smallest absolute Gasteiger partial charge is 0.331 e. The minimum absolute atomic E-state index is 0.0131. The van der Waals surface area contributed by atoms with Gasteiger partial charge in [0.05, 0.1) is 0 Å². The summed E-state index contributed by atoms with van der Waals surface area (Å²) < 4.78 is 0. The van der Waals surface area contributed by atoms with Gasteiger partial charge in [-0.25, -0.2) is 4.79 Å². The fourth-order valence-electron chi connectivity index (χ4n) is 2.69. The van der Waals surface area contributed by atoms with E-state index < -0.39 is 5.97 Å². The van der Waals surface area contributed by atoms with E-state index in [0.717, 1.165) is 6.42 Å². The molecule has 108 valence electrons. The van der Waals surface area contributed by atoms with Crippen molar-refractivity contribution in [2.75, 3.05) is 0 Å². The molecule has 1 amide bonds. The summed E-state index contributed by atoms with van der Waals surface area (Å²) in [6, 6.07) is -0.203. The maximum absolute atomic E-state index is 11.3. The van der Waals surface area contributed by atoms with E-state index in [1.165, 1.54) is 6.92 Å². The number of rotatable bonds is 5. The lowest BCUT2D eigenvalue weighted by Crippen LogP contribution is -2.48. The molecule has 1 aliphatic rings. The zero-order valence-electron chi connectivity index (χ0n) is 11.8. The Kier molecular flexibility index (Phi) is 5.54. The molecule has 19 heavy (non-hydrogen) atoms. The number of allylic oxidation sites excluding steroid dienone is 1. The number of aliphatic carboxylic acids is 1. The summed E-state index contributed by atoms with van der Waals surface area (Å²) in [5.41, 5.74) is 6.49. The molecule has 5 nitrogen and oxygen atoms in total. The van der Waals surface area contributed by atoms with Gasteiger partial charge in [0.2, 0.25) is 5.91 Å². The second kappa shape index (κ2) is 6.70. The monoisotopic (exact) mass is 268 g/mol. The van der Waals surface area contributed by atoms with Gasteiger partial charge in [0.15, 0.2) is 0 Å². The van der Waals surface area contributed by atoms with Crippen LogP contribution in [0.5, 0.6) is 0 Å². The van der Waals surface area contributed by atoms with Gasteiger partial charge in [0.25, 0.3) is 0 Å². The van der Waals surface area contributed by atoms with Crippen LogP contribution in [0.3, 0.4) is 0 Å². The number of amides is 1. The Hall–Kier alpha value is -1.36. The van der Waals surface area contributed by atoms with Crippen LogP contribution in [0.1, 0.15) is 40.0 Å². The Labute approximate surface area is 114 Å². The quantitative estimate of drug-likeness (QED) is 0.700. The molecule has 0 heterocycles. The molecule has 0 saturated heterocycles. The van der Waals surface area contributed by atoms with Crippen LogP contribution in [0.15, 0.2) is 11.6 Å². The van der Waals surface area contributed by atoms with Crippen LogP contribution in [0.25, 0.3) is 0 Å². The summed E-state index contributed by atoms with van der Waals surface area (Å²) in [5, 5.41) is 11.9. The van der Waals surface area contributed by atoms with Gasteiger partial charge >= 0.3 is 5.97 Å². The third kappa shape index (κ3) is 4.67. The van der Waals surface area contributed by atoms with E-state index in [4.69, 9.17) is 10.8 Å². The van der Waals surface area contributed by atoms with Crippen molar-refractivity contribution in [3.63, 3.8) is 0 Å². The SMILES string of the molecule is CC(=O)N[C@@H](CC(C)C)[C@@H]1CC=C(C(=O)O)C[C@@H]1N. The molecule has 1 rings (SSSR count). The Balaban J connectivity index is 2.79. The zero-order valence-corrected chi connectivity index (χ0v) is 11.8. The van der Waals surface area contributed by atoms with Crippen molar-refractivity contribution in [3.05, 3.63) is 11.6 Å². The number of carbonyl (C=O) groups is 2. The first-order valence-corrected chi connectivity index (χ1v) is 6.76. The third-order valence-corrected chi connectivity index (χ3v) is 3.55. The second-order valence-corrected chi connectivity index (χ2v) is 5.74. The molecule has 0 aromatic rings. The topological polar surface area (TPSA) is 92.4 Å². The van der Waals surface area contributed by atoms with Crippen LogP contribution in [-0.2, 0) is 9.59 Å². The van der Waals surface area contributed by atoms with Crippen molar-refractivity contribution < 1.29 is 14.7 Å². The van der Waals surface area contributed by atoms with Crippen LogP contribution in [0.2, 0.25) is 0 Å². The summed E-state index contributed by atoms with van der Waals surface area (Å²) in [4.78, 5) is 22.2. The molecule has 3 atom stereocenters. The molecule has 0 saturated carbocycles. The van der Waals surface area contributed by atoms with E-state index >= 15 is 0 Å². The first-order valence-electron chi connectivity index (χ1n) is 6.76. The Morgan fingerprint density at radius 3 is 2.58 bits per heavy atom. The van der Waals surface area contributed by atoms with Crippen molar-refractivity contribution in [2.24, 2.45) is 17.6 Å². The molecule has 0 spiro atoms. The van der Waals surface area contributed by atoms with E-state index in [2.05, 4.69) is 19.2 Å². The number of hydrogen-bond donors (Lipinski definition) is 3. The summed E-state index contributed by atoms with van der Waals surface area (Å²) in [5.74, 6) is -0.400. The van der Waals surface area contributed by atoms with Crippen LogP contribution < -0.4 is 11.1 Å². The average Bonchev–Trinajstić information content (AvgIpc) is 2.26. The molecule has 1 aliphatic carbocycles. The highest BCUT2D eigenvalue weighted by molar-refractivity contribution is 5.86. The minimum atomic E-state index is -0.895. The largest absolute Gasteiger partial charge is 0.478 e. The molecular formula is C14H24N2O3. The van der Waals surface area contributed by atoms with Crippen LogP contribution >= 0.6 is 0 Å². The van der Waals surface area contributed by atoms with Crippen LogP contribution in [0, 0.1) is 11.8 Å². The van der Waals surface area contributed by atoms with Crippen molar-refractivity contribution in [2.45, 2.75) is 52.1 Å². The molecule has 0 aliphatic heterocycles. The van der Waals surface area contributed by atoms with Crippen LogP contribution in [-0.4, -0.2) is 29.1 Å². The maximum Gasteiger partial charge on any atom is 0.331 e. The standard InChI is InChI=1S/C14H24N2O3/c1-8(2)6-13(16-9(3)17)11-5-4-10(14(18)19)7-12(11)15/h4,8,11-13H,5-7,15H2,1-3H3,(H,16,17)(H,18,19)/t11-,12+,13+/m1/s1. The normalized spacial score (nSPS) is 24.8. The lowest BCUT2D eigenvalue weighted by Gasteiger charge is -2.35. The first-order chi connectivity index (χ1) is 8.81. The van der Waals surface area contributed by atoms with Crippen molar-refractivity contribution >= 4 is 11.9 Å². The molecule has 0 radical (unpaired) electrons. The number of carbonyl (C=O) groups excluding carboxylic acids is 1. The number of carboxylic acids is 1. The Morgan fingerprint density at radius 2 is 2.16 bits per heavy atom. The third-order valence-electron chi connectivity index (χ3n) is 3.55. The number of nitrogens with one attached hydrogen (secondary N) is 1. The molecule has 0 fully saturated rings. The van der Waals surface area contributed by atoms with Crippen molar-refractivity contribution in [3.8, 4) is 0 Å². The van der Waals surface area contributed by atoms with Crippen molar-refractivity contribution in [1.82, 2.24) is 5.32 Å². The van der Waals surface area contributed by atoms with E-state index in [0.29, 0.717) is 24.3 Å². The molecule has 0 bridgehead atoms. The van der Waals surface area contributed by atoms with Gasteiger partial charge in [-0.1, -0.05) is 19.9 Å². The Bertz CT molecular complexity index is 377. The summed E-state index contributed by atoms with van der Waals surface area (Å²) in [7, 11) is 0. The predicted molar refractivity (Wildman–Crippen MR) is 73.5 cm³/mol. The zero-order chi connectivity index (χ0) is 14.6. The van der Waals surface area contributed by atoms with E-state index in [9.17, 15) is 9.59 Å². The molecule has 0 aromatic heterocycles. The summed E-state index contributed by atoms with van der Waals surface area (Å²) >= 11 is 0. The highest BCUT2D eigenvalue weighted by Gasteiger charge is 2.32. The van der Waals surface area contributed by atoms with E-state index in [1.807, 2.05) is 0 Å². The van der Waals surface area contributed by atoms with Gasteiger partial charge in [0.1, 0.15) is 0 Å². The van der Waals surface area contributed by atoms with Gasteiger partial charge in [-0.05, 0) is 31.1 Å². The highest BCUT2D eigenvalue weighted by atomic mass is 16.4. The fourth-order valence-corrected chi connectivity index (χ4v) is 2.69. The lowest BCUT2D eigenvalue weighted by atomic mass is 9.78. The number of carboxylic acid groups (broad SMARTS) is 1. The molecule has 0 unspecified atom stereocenters. The summed E-state index contributed by atoms with van der Waals surface area (Å²) in [6.07, 6.45) is 3.58. The maximum atomic E-state index is 11.3. The average molecular weight is 268 g/mol. The minimum Gasteiger partial charge on any atom is -0.478 e. The van der Waals surface area contributed by atoms with Gasteiger partial charge < -0.3 is 16.2 Å². The molecule has 0 aromatic carbocycles. The van der Waals surface area contributed by atoms with E-state index in [-0.39, 0.29) is 23.9 Å². The van der Waals surface area contributed by atoms with E-state index in [1.54, 1.807) is 6.08 Å². The highest BCUT2D eigenvalue weighted by Crippen LogP contribution is 2.28.